The van der Waals surface area contributed by atoms with Gasteiger partial charge in [0.05, 0.1) is 18.9 Å². The van der Waals surface area contributed by atoms with Crippen molar-refractivity contribution in [2.45, 2.75) is 25.0 Å². The van der Waals surface area contributed by atoms with Gasteiger partial charge in [-0.05, 0) is 18.8 Å². The highest BCUT2D eigenvalue weighted by atomic mass is 19.1. The maximum absolute atomic E-state index is 12.4. The molecule has 1 rings (SSSR count). The Labute approximate surface area is 71.4 Å². The lowest BCUT2D eigenvalue weighted by atomic mass is 9.94. The van der Waals surface area contributed by atoms with Gasteiger partial charge >= 0.3 is 0 Å². The molecule has 0 aromatic carbocycles. The second kappa shape index (κ2) is 4.16. The van der Waals surface area contributed by atoms with Crippen molar-refractivity contribution in [3.05, 3.63) is 0 Å². The summed E-state index contributed by atoms with van der Waals surface area (Å²) in [7, 11) is 0. The summed E-state index contributed by atoms with van der Waals surface area (Å²) in [5, 5.41) is 18.6. The fourth-order valence-electron chi connectivity index (χ4n) is 1.45. The average molecular weight is 177 g/mol. The summed E-state index contributed by atoms with van der Waals surface area (Å²) in [4.78, 5) is 0. The minimum Gasteiger partial charge on any atom is -0.390 e. The van der Waals surface area contributed by atoms with Crippen LogP contribution in [0.15, 0.2) is 0 Å². The normalized spacial score (nSPS) is 25.0. The molecule has 1 aliphatic carbocycles. The molecule has 1 fully saturated rings. The van der Waals surface area contributed by atoms with Crippen LogP contribution in [-0.4, -0.2) is 35.6 Å². The van der Waals surface area contributed by atoms with Gasteiger partial charge in [-0.3, -0.25) is 4.39 Å². The number of aliphatic hydroxyl groups excluding tert-OH is 2. The first-order valence-electron chi connectivity index (χ1n) is 4.32. The van der Waals surface area contributed by atoms with Crippen LogP contribution in [0.1, 0.15) is 12.8 Å². The molecule has 72 valence electrons. The zero-order valence-corrected chi connectivity index (χ0v) is 6.99. The van der Waals surface area contributed by atoms with Gasteiger partial charge in [0.2, 0.25) is 0 Å². The maximum atomic E-state index is 12.4. The van der Waals surface area contributed by atoms with Crippen molar-refractivity contribution in [3.8, 4) is 0 Å². The number of nitrogens with two attached hydrogens (primary N) is 1. The van der Waals surface area contributed by atoms with Crippen LogP contribution in [0.4, 0.5) is 4.39 Å². The minimum absolute atomic E-state index is 0.00954. The molecule has 0 aromatic heterocycles. The summed E-state index contributed by atoms with van der Waals surface area (Å²) < 4.78 is 12.4. The number of aliphatic hydroxyl groups is 2. The van der Waals surface area contributed by atoms with E-state index in [1.165, 1.54) is 0 Å². The highest BCUT2D eigenvalue weighted by molar-refractivity contribution is 4.88. The predicted molar refractivity (Wildman–Crippen MR) is 43.3 cm³/mol. The number of alkyl halides is 1. The van der Waals surface area contributed by atoms with Crippen molar-refractivity contribution in [2.75, 3.05) is 13.2 Å². The fourth-order valence-corrected chi connectivity index (χ4v) is 1.45. The lowest BCUT2D eigenvalue weighted by Crippen LogP contribution is -2.40. The zero-order chi connectivity index (χ0) is 9.14. The molecular weight excluding hydrogens is 161 g/mol. The van der Waals surface area contributed by atoms with Crippen LogP contribution in [0.5, 0.6) is 0 Å². The minimum atomic E-state index is -0.993. The van der Waals surface area contributed by atoms with E-state index >= 15 is 0 Å². The second-order valence-electron chi connectivity index (χ2n) is 3.45. The molecule has 3 nitrogen and oxygen atoms in total. The Morgan fingerprint density at radius 2 is 2.00 bits per heavy atom. The summed E-state index contributed by atoms with van der Waals surface area (Å²) in [6.45, 7) is -0.576. The first-order chi connectivity index (χ1) is 5.70. The molecular formula is C8H16FNO2. The molecule has 4 N–H and O–H groups in total. The molecule has 0 saturated heterocycles. The fraction of sp³-hybridized carbons (Fsp3) is 1.00. The monoisotopic (exact) mass is 177 g/mol. The van der Waals surface area contributed by atoms with Crippen molar-refractivity contribution in [1.82, 2.24) is 0 Å². The third-order valence-electron chi connectivity index (χ3n) is 2.48. The lowest BCUT2D eigenvalue weighted by molar-refractivity contribution is -0.0251. The Morgan fingerprint density at radius 1 is 1.42 bits per heavy atom. The number of rotatable bonds is 5. The Kier molecular flexibility index (Phi) is 3.43. The van der Waals surface area contributed by atoms with Gasteiger partial charge in [-0.2, -0.15) is 0 Å². The summed E-state index contributed by atoms with van der Waals surface area (Å²) in [5.74, 6) is -0.158. The van der Waals surface area contributed by atoms with Gasteiger partial charge in [0, 0.05) is 12.5 Å². The molecule has 0 bridgehead atoms. The Bertz CT molecular complexity index is 141. The van der Waals surface area contributed by atoms with E-state index in [2.05, 4.69) is 0 Å². The topological polar surface area (TPSA) is 66.5 Å². The first-order valence-corrected chi connectivity index (χ1v) is 4.32. The number of hydrogen-bond acceptors (Lipinski definition) is 3. The van der Waals surface area contributed by atoms with Gasteiger partial charge in [0.15, 0.2) is 0 Å². The third-order valence-corrected chi connectivity index (χ3v) is 2.48. The molecule has 0 heterocycles. The van der Waals surface area contributed by atoms with E-state index in [4.69, 9.17) is 10.8 Å². The van der Waals surface area contributed by atoms with Crippen molar-refractivity contribution < 1.29 is 14.6 Å². The van der Waals surface area contributed by atoms with Crippen LogP contribution >= 0.6 is 0 Å². The molecule has 1 aliphatic rings. The van der Waals surface area contributed by atoms with E-state index < -0.39 is 24.8 Å². The molecule has 0 aliphatic heterocycles. The van der Waals surface area contributed by atoms with Gasteiger partial charge in [-0.25, -0.2) is 0 Å². The van der Waals surface area contributed by atoms with Crippen LogP contribution in [-0.2, 0) is 0 Å². The highest BCUT2D eigenvalue weighted by Crippen LogP contribution is 2.39. The lowest BCUT2D eigenvalue weighted by Gasteiger charge is -2.23. The molecule has 0 amide bonds. The second-order valence-corrected chi connectivity index (χ2v) is 3.45. The summed E-state index contributed by atoms with van der Waals surface area (Å²) >= 11 is 0. The van der Waals surface area contributed by atoms with E-state index in [0.29, 0.717) is 0 Å². The van der Waals surface area contributed by atoms with Crippen molar-refractivity contribution in [1.29, 1.82) is 0 Å². The molecule has 1 saturated carbocycles. The summed E-state index contributed by atoms with van der Waals surface area (Å²) in [6, 6.07) is 0. The van der Waals surface area contributed by atoms with Crippen LogP contribution < -0.4 is 5.73 Å². The van der Waals surface area contributed by atoms with E-state index in [-0.39, 0.29) is 12.5 Å². The summed E-state index contributed by atoms with van der Waals surface area (Å²) in [5.41, 5.74) is 5.15. The van der Waals surface area contributed by atoms with Crippen LogP contribution in [0.3, 0.4) is 0 Å². The van der Waals surface area contributed by atoms with Crippen LogP contribution in [0, 0.1) is 11.8 Å². The molecule has 0 radical (unpaired) electrons. The van der Waals surface area contributed by atoms with Gasteiger partial charge in [-0.1, -0.05) is 0 Å². The molecule has 4 heteroatoms. The first kappa shape index (κ1) is 9.89. The quantitative estimate of drug-likeness (QED) is 0.538. The standard InChI is InChI=1S/C8H16FNO2/c9-3-6(5-1-2-5)8(12)7(11)4-10/h5-8,11-12H,1-4,10H2. The van der Waals surface area contributed by atoms with Crippen LogP contribution in [0.25, 0.3) is 0 Å². The Morgan fingerprint density at radius 3 is 2.33 bits per heavy atom. The van der Waals surface area contributed by atoms with E-state index in [9.17, 15) is 9.50 Å². The zero-order valence-electron chi connectivity index (χ0n) is 6.99. The van der Waals surface area contributed by atoms with Crippen molar-refractivity contribution >= 4 is 0 Å². The number of hydrogen-bond donors (Lipinski definition) is 3. The van der Waals surface area contributed by atoms with Crippen molar-refractivity contribution in [3.63, 3.8) is 0 Å². The Hall–Kier alpha value is -0.190. The largest absolute Gasteiger partial charge is 0.390 e. The predicted octanol–water partition coefficient (Wildman–Crippen LogP) is -0.337. The summed E-state index contributed by atoms with van der Waals surface area (Å²) in [6.07, 6.45) is -0.0508. The molecule has 3 unspecified atom stereocenters. The molecule has 3 atom stereocenters. The van der Waals surface area contributed by atoms with Gasteiger partial charge < -0.3 is 15.9 Å². The number of halogens is 1. The smallest absolute Gasteiger partial charge is 0.0950 e. The van der Waals surface area contributed by atoms with E-state index in [1.54, 1.807) is 0 Å². The maximum Gasteiger partial charge on any atom is 0.0950 e. The van der Waals surface area contributed by atoms with Crippen molar-refractivity contribution in [2.24, 2.45) is 17.6 Å². The Balaban J connectivity index is 2.40. The molecule has 0 spiro atoms. The van der Waals surface area contributed by atoms with Gasteiger partial charge in [0.1, 0.15) is 0 Å². The van der Waals surface area contributed by atoms with E-state index in [1.807, 2.05) is 0 Å². The van der Waals surface area contributed by atoms with Gasteiger partial charge in [-0.15, -0.1) is 0 Å². The third kappa shape index (κ3) is 2.15. The molecule has 0 aromatic rings. The van der Waals surface area contributed by atoms with Gasteiger partial charge in [0.25, 0.3) is 0 Å². The average Bonchev–Trinajstić information content (AvgIpc) is 2.88. The van der Waals surface area contributed by atoms with Crippen LogP contribution in [0.2, 0.25) is 0 Å². The molecule has 12 heavy (non-hydrogen) atoms. The highest BCUT2D eigenvalue weighted by Gasteiger charge is 2.38. The SMILES string of the molecule is NCC(O)C(O)C(CF)C1CC1. The van der Waals surface area contributed by atoms with E-state index in [0.717, 1.165) is 12.8 Å².